The van der Waals surface area contributed by atoms with Gasteiger partial charge in [0, 0.05) is 24.9 Å². The second-order valence-electron chi connectivity index (χ2n) is 6.84. The van der Waals surface area contributed by atoms with Crippen molar-refractivity contribution < 1.29 is 19.0 Å². The minimum atomic E-state index is -0.437. The van der Waals surface area contributed by atoms with Gasteiger partial charge in [-0.15, -0.1) is 0 Å². The van der Waals surface area contributed by atoms with Crippen LogP contribution in [-0.2, 0) is 19.0 Å². The summed E-state index contributed by atoms with van der Waals surface area (Å²) >= 11 is 5.62. The SMILES string of the molecule is CN1[C@@H]2C[C@@H](OC(=O)[C@H](COCCl)c3ccccc3)C[C@H]1[C@@H]1O[C@@H]12. The molecule has 3 aliphatic heterocycles. The van der Waals surface area contributed by atoms with Crippen LogP contribution in [0, 0.1) is 0 Å². The summed E-state index contributed by atoms with van der Waals surface area (Å²) in [6, 6.07) is 10.4. The Hall–Kier alpha value is -1.14. The summed E-state index contributed by atoms with van der Waals surface area (Å²) in [6.07, 6.45) is 2.33. The summed E-state index contributed by atoms with van der Waals surface area (Å²) < 4.78 is 16.8. The molecule has 0 aromatic heterocycles. The van der Waals surface area contributed by atoms with Gasteiger partial charge in [-0.25, -0.2) is 0 Å². The van der Waals surface area contributed by atoms with E-state index in [-0.39, 0.29) is 24.7 Å². The van der Waals surface area contributed by atoms with Gasteiger partial charge in [0.2, 0.25) is 0 Å². The Balaban J connectivity index is 1.42. The minimum Gasteiger partial charge on any atom is -0.462 e. The molecule has 130 valence electrons. The molecule has 0 N–H and O–H groups in total. The van der Waals surface area contributed by atoms with E-state index in [1.54, 1.807) is 0 Å². The number of rotatable bonds is 6. The number of fused-ring (bicyclic) bond motifs is 5. The number of hydrogen-bond donors (Lipinski definition) is 0. The summed E-state index contributed by atoms with van der Waals surface area (Å²) in [5, 5.41) is 0. The van der Waals surface area contributed by atoms with Crippen LogP contribution < -0.4 is 0 Å². The normalized spacial score (nSPS) is 35.3. The van der Waals surface area contributed by atoms with Crippen LogP contribution in [0.15, 0.2) is 30.3 Å². The molecule has 24 heavy (non-hydrogen) atoms. The van der Waals surface area contributed by atoms with Crippen LogP contribution in [0.25, 0.3) is 0 Å². The third kappa shape index (κ3) is 2.94. The molecule has 1 aromatic carbocycles. The highest BCUT2D eigenvalue weighted by atomic mass is 35.5. The average molecular weight is 352 g/mol. The molecule has 3 saturated heterocycles. The number of halogens is 1. The Morgan fingerprint density at radius 2 is 1.96 bits per heavy atom. The van der Waals surface area contributed by atoms with E-state index in [2.05, 4.69) is 11.9 Å². The fourth-order valence-corrected chi connectivity index (χ4v) is 4.28. The second-order valence-corrected chi connectivity index (χ2v) is 7.06. The van der Waals surface area contributed by atoms with Crippen LogP contribution >= 0.6 is 11.6 Å². The summed E-state index contributed by atoms with van der Waals surface area (Å²) in [5.41, 5.74) is 0.898. The number of morpholine rings is 1. The van der Waals surface area contributed by atoms with Crippen molar-refractivity contribution in [3.8, 4) is 0 Å². The molecular weight excluding hydrogens is 330 g/mol. The van der Waals surface area contributed by atoms with Crippen LogP contribution in [0.2, 0.25) is 0 Å². The highest BCUT2D eigenvalue weighted by Gasteiger charge is 2.62. The third-order valence-electron chi connectivity index (χ3n) is 5.51. The van der Waals surface area contributed by atoms with Crippen molar-refractivity contribution in [3.05, 3.63) is 35.9 Å². The fourth-order valence-electron chi connectivity index (χ4n) is 4.19. The monoisotopic (exact) mass is 351 g/mol. The highest BCUT2D eigenvalue weighted by Crippen LogP contribution is 2.48. The van der Waals surface area contributed by atoms with Gasteiger partial charge in [-0.3, -0.25) is 9.69 Å². The molecule has 0 spiro atoms. The minimum absolute atomic E-state index is 0.0395. The van der Waals surface area contributed by atoms with Crippen LogP contribution in [0.4, 0.5) is 0 Å². The van der Waals surface area contributed by atoms with Gasteiger partial charge in [0.1, 0.15) is 30.3 Å². The number of esters is 1. The van der Waals surface area contributed by atoms with Crippen molar-refractivity contribution in [3.63, 3.8) is 0 Å². The molecule has 0 aliphatic carbocycles. The Labute approximate surface area is 146 Å². The van der Waals surface area contributed by atoms with Crippen molar-refractivity contribution in [2.75, 3.05) is 19.7 Å². The second kappa shape index (κ2) is 6.64. The van der Waals surface area contributed by atoms with E-state index in [1.807, 2.05) is 30.3 Å². The molecule has 0 amide bonds. The molecule has 0 unspecified atom stereocenters. The lowest BCUT2D eigenvalue weighted by molar-refractivity contribution is -0.157. The van der Waals surface area contributed by atoms with Gasteiger partial charge in [-0.2, -0.15) is 0 Å². The standard InChI is InChI=1S/C18H22ClNO4/c1-20-14-7-12(8-15(20)17-16(14)24-17)23-18(21)13(9-22-10-19)11-5-3-2-4-6-11/h2-6,12-17H,7-10H2,1H3/t12-,13-,14-,15+,16-,17+/m1/s1. The zero-order valence-corrected chi connectivity index (χ0v) is 14.4. The summed E-state index contributed by atoms with van der Waals surface area (Å²) in [5.74, 6) is -0.664. The lowest BCUT2D eigenvalue weighted by atomic mass is 9.97. The lowest BCUT2D eigenvalue weighted by Crippen LogP contribution is -2.48. The van der Waals surface area contributed by atoms with Crippen molar-refractivity contribution in [1.82, 2.24) is 4.90 Å². The van der Waals surface area contributed by atoms with E-state index >= 15 is 0 Å². The maximum absolute atomic E-state index is 12.7. The van der Waals surface area contributed by atoms with Gasteiger partial charge in [0.25, 0.3) is 0 Å². The number of carbonyl (C=O) groups is 1. The quantitative estimate of drug-likeness (QED) is 0.446. The van der Waals surface area contributed by atoms with Gasteiger partial charge >= 0.3 is 5.97 Å². The summed E-state index contributed by atoms with van der Waals surface area (Å²) in [6.45, 7) is 0.236. The zero-order chi connectivity index (χ0) is 16.7. The van der Waals surface area contributed by atoms with Crippen molar-refractivity contribution in [1.29, 1.82) is 0 Å². The van der Waals surface area contributed by atoms with E-state index in [9.17, 15) is 4.79 Å². The first kappa shape index (κ1) is 16.3. The first-order valence-corrected chi connectivity index (χ1v) is 8.99. The number of nitrogens with zero attached hydrogens (tertiary/aromatic N) is 1. The molecule has 3 heterocycles. The Morgan fingerprint density at radius 3 is 2.58 bits per heavy atom. The van der Waals surface area contributed by atoms with E-state index in [0.717, 1.165) is 18.4 Å². The summed E-state index contributed by atoms with van der Waals surface area (Å²) in [7, 11) is 2.14. The van der Waals surface area contributed by atoms with Gasteiger partial charge in [0.15, 0.2) is 0 Å². The van der Waals surface area contributed by atoms with Crippen molar-refractivity contribution >= 4 is 17.6 Å². The number of carbonyl (C=O) groups excluding carboxylic acids is 1. The number of epoxide rings is 1. The predicted molar refractivity (Wildman–Crippen MR) is 89.0 cm³/mol. The molecule has 0 radical (unpaired) electrons. The van der Waals surface area contributed by atoms with Crippen LogP contribution in [-0.4, -0.2) is 61.0 Å². The number of alkyl halides is 1. The number of hydrogen-bond acceptors (Lipinski definition) is 5. The molecular formula is C18H22ClNO4. The maximum atomic E-state index is 12.7. The molecule has 6 heteroatoms. The largest absolute Gasteiger partial charge is 0.462 e. The van der Waals surface area contributed by atoms with Gasteiger partial charge < -0.3 is 14.2 Å². The number of piperidine rings is 1. The van der Waals surface area contributed by atoms with Crippen LogP contribution in [0.1, 0.15) is 24.3 Å². The first-order chi connectivity index (χ1) is 11.7. The Kier molecular flexibility index (Phi) is 4.52. The molecule has 1 aromatic rings. The Morgan fingerprint density at radius 1 is 1.29 bits per heavy atom. The van der Waals surface area contributed by atoms with Crippen molar-refractivity contribution in [2.45, 2.75) is 49.2 Å². The molecule has 6 atom stereocenters. The van der Waals surface area contributed by atoms with E-state index < -0.39 is 5.92 Å². The molecule has 3 aliphatic rings. The van der Waals surface area contributed by atoms with Gasteiger partial charge in [-0.05, 0) is 12.6 Å². The molecule has 0 saturated carbocycles. The lowest BCUT2D eigenvalue weighted by Gasteiger charge is -2.38. The van der Waals surface area contributed by atoms with Gasteiger partial charge in [0.05, 0.1) is 6.61 Å². The van der Waals surface area contributed by atoms with Crippen molar-refractivity contribution in [2.24, 2.45) is 0 Å². The topological polar surface area (TPSA) is 51.3 Å². The Bertz CT molecular complexity index is 580. The number of likely N-dealkylation sites (N-methyl/N-ethyl adjacent to an activating group) is 1. The summed E-state index contributed by atoms with van der Waals surface area (Å²) in [4.78, 5) is 15.1. The average Bonchev–Trinajstić information content (AvgIpc) is 3.34. The molecule has 3 fully saturated rings. The highest BCUT2D eigenvalue weighted by molar-refractivity contribution is 6.17. The fraction of sp³-hybridized carbons (Fsp3) is 0.611. The van der Waals surface area contributed by atoms with E-state index in [4.69, 9.17) is 25.8 Å². The van der Waals surface area contributed by atoms with Crippen LogP contribution in [0.5, 0.6) is 0 Å². The smallest absolute Gasteiger partial charge is 0.316 e. The van der Waals surface area contributed by atoms with Crippen LogP contribution in [0.3, 0.4) is 0 Å². The third-order valence-corrected chi connectivity index (χ3v) is 5.66. The van der Waals surface area contributed by atoms with Gasteiger partial charge in [-0.1, -0.05) is 41.9 Å². The number of ether oxygens (including phenoxy) is 3. The molecule has 2 bridgehead atoms. The predicted octanol–water partition coefficient (Wildman–Crippen LogP) is 2.14. The van der Waals surface area contributed by atoms with E-state index in [1.165, 1.54) is 0 Å². The zero-order valence-electron chi connectivity index (χ0n) is 13.6. The number of benzene rings is 1. The molecule has 5 nitrogen and oxygen atoms in total. The van der Waals surface area contributed by atoms with E-state index in [0.29, 0.717) is 24.3 Å². The maximum Gasteiger partial charge on any atom is 0.316 e. The molecule has 4 rings (SSSR count). The first-order valence-electron chi connectivity index (χ1n) is 8.45.